The van der Waals surface area contributed by atoms with Gasteiger partial charge in [0, 0.05) is 19.1 Å². The first-order valence-corrected chi connectivity index (χ1v) is 7.99. The zero-order valence-corrected chi connectivity index (χ0v) is 12.8. The normalized spacial score (nSPS) is 19.4. The average molecular weight is 292 g/mol. The molecule has 1 saturated heterocycles. The minimum absolute atomic E-state index is 0.127. The molecule has 2 rings (SSSR count). The number of likely N-dealkylation sites (tertiary alicyclic amines) is 1. The van der Waals surface area contributed by atoms with Crippen molar-refractivity contribution in [2.45, 2.75) is 45.1 Å². The van der Waals surface area contributed by atoms with E-state index in [2.05, 4.69) is 17.1 Å². The fourth-order valence-electron chi connectivity index (χ4n) is 3.04. The summed E-state index contributed by atoms with van der Waals surface area (Å²) >= 11 is 0. The van der Waals surface area contributed by atoms with Gasteiger partial charge in [-0.2, -0.15) is 0 Å². The minimum Gasteiger partial charge on any atom is -0.352 e. The summed E-state index contributed by atoms with van der Waals surface area (Å²) in [7, 11) is 0. The van der Waals surface area contributed by atoms with Crippen LogP contribution in [-0.2, 0) is 0 Å². The lowest BCUT2D eigenvalue weighted by atomic mass is 10.00. The second-order valence-electron chi connectivity index (χ2n) is 5.68. The van der Waals surface area contributed by atoms with E-state index in [-0.39, 0.29) is 11.5 Å². The molecule has 0 bridgehead atoms. The van der Waals surface area contributed by atoms with Gasteiger partial charge in [-0.25, -0.2) is 4.39 Å². The molecule has 0 unspecified atom stereocenters. The molecule has 0 spiro atoms. The maximum atomic E-state index is 13.5. The van der Waals surface area contributed by atoms with E-state index in [1.807, 2.05) is 0 Å². The van der Waals surface area contributed by atoms with Crippen molar-refractivity contribution < 1.29 is 9.18 Å². The molecule has 1 atom stereocenters. The van der Waals surface area contributed by atoms with Crippen molar-refractivity contribution in [1.29, 1.82) is 0 Å². The molecule has 1 heterocycles. The van der Waals surface area contributed by atoms with Gasteiger partial charge in [0.05, 0.1) is 5.56 Å². The highest BCUT2D eigenvalue weighted by atomic mass is 19.1. The van der Waals surface area contributed by atoms with Crippen molar-refractivity contribution in [3.8, 4) is 0 Å². The van der Waals surface area contributed by atoms with Crippen LogP contribution in [0.15, 0.2) is 24.3 Å². The van der Waals surface area contributed by atoms with Crippen LogP contribution in [0.5, 0.6) is 0 Å². The van der Waals surface area contributed by atoms with Crippen LogP contribution in [0.2, 0.25) is 0 Å². The highest BCUT2D eigenvalue weighted by Crippen LogP contribution is 2.19. The second kappa shape index (κ2) is 8.13. The lowest BCUT2D eigenvalue weighted by Crippen LogP contribution is -2.40. The number of benzene rings is 1. The highest BCUT2D eigenvalue weighted by molar-refractivity contribution is 5.94. The maximum Gasteiger partial charge on any atom is 0.254 e. The van der Waals surface area contributed by atoms with Gasteiger partial charge in [-0.15, -0.1) is 0 Å². The Labute approximate surface area is 126 Å². The van der Waals surface area contributed by atoms with E-state index >= 15 is 0 Å². The van der Waals surface area contributed by atoms with Gasteiger partial charge in [-0.1, -0.05) is 25.5 Å². The summed E-state index contributed by atoms with van der Waals surface area (Å²) in [6.07, 6.45) is 6.01. The Kier molecular flexibility index (Phi) is 6.18. The van der Waals surface area contributed by atoms with E-state index in [0.717, 1.165) is 13.0 Å². The van der Waals surface area contributed by atoms with Gasteiger partial charge in [0.25, 0.3) is 5.91 Å². The molecule has 1 aromatic carbocycles. The first-order chi connectivity index (χ1) is 10.2. The fraction of sp³-hybridized carbons (Fsp3) is 0.588. The van der Waals surface area contributed by atoms with Gasteiger partial charge < -0.3 is 10.2 Å². The zero-order chi connectivity index (χ0) is 15.1. The van der Waals surface area contributed by atoms with E-state index < -0.39 is 5.82 Å². The number of hydrogen-bond acceptors (Lipinski definition) is 2. The molecular formula is C17H25FN2O. The molecule has 1 fully saturated rings. The summed E-state index contributed by atoms with van der Waals surface area (Å²) in [6.45, 7) is 5.01. The molecular weight excluding hydrogens is 267 g/mol. The molecule has 21 heavy (non-hydrogen) atoms. The Balaban J connectivity index is 1.72. The van der Waals surface area contributed by atoms with Gasteiger partial charge in [0.1, 0.15) is 5.82 Å². The zero-order valence-electron chi connectivity index (χ0n) is 12.8. The maximum absolute atomic E-state index is 13.5. The number of piperidine rings is 1. The van der Waals surface area contributed by atoms with Crippen molar-refractivity contribution in [1.82, 2.24) is 10.2 Å². The predicted molar refractivity (Wildman–Crippen MR) is 82.9 cm³/mol. The van der Waals surface area contributed by atoms with Crippen LogP contribution in [0.4, 0.5) is 4.39 Å². The quantitative estimate of drug-likeness (QED) is 0.817. The summed E-state index contributed by atoms with van der Waals surface area (Å²) in [5.74, 6) is -0.782. The molecule has 0 radical (unpaired) electrons. The van der Waals surface area contributed by atoms with Gasteiger partial charge in [0.15, 0.2) is 0 Å². The third-order valence-electron chi connectivity index (χ3n) is 4.25. The van der Waals surface area contributed by atoms with Crippen LogP contribution in [0.25, 0.3) is 0 Å². The van der Waals surface area contributed by atoms with Gasteiger partial charge >= 0.3 is 0 Å². The van der Waals surface area contributed by atoms with Crippen molar-refractivity contribution in [2.24, 2.45) is 0 Å². The molecule has 1 aromatic rings. The highest BCUT2D eigenvalue weighted by Gasteiger charge is 2.20. The topological polar surface area (TPSA) is 32.3 Å². The van der Waals surface area contributed by atoms with Gasteiger partial charge in [0.2, 0.25) is 0 Å². The molecule has 3 nitrogen and oxygen atoms in total. The molecule has 0 aromatic heterocycles. The third-order valence-corrected chi connectivity index (χ3v) is 4.25. The molecule has 116 valence electrons. The monoisotopic (exact) mass is 292 g/mol. The molecule has 1 aliphatic heterocycles. The third kappa shape index (κ3) is 4.53. The molecule has 0 aliphatic carbocycles. The van der Waals surface area contributed by atoms with Crippen molar-refractivity contribution >= 4 is 5.91 Å². The summed E-state index contributed by atoms with van der Waals surface area (Å²) in [6, 6.07) is 6.79. The minimum atomic E-state index is -0.461. The van der Waals surface area contributed by atoms with Gasteiger partial charge in [-0.05, 0) is 44.4 Å². The standard InChI is InChI=1S/C17H25FN2O/c1-2-14-8-5-6-12-20(14)13-7-11-19-17(21)15-9-3-4-10-16(15)18/h3-4,9-10,14H,2,5-8,11-13H2,1H3,(H,19,21)/t14-/m0/s1. The van der Waals surface area contributed by atoms with Crippen LogP contribution in [0, 0.1) is 5.82 Å². The summed E-state index contributed by atoms with van der Waals surface area (Å²) in [5.41, 5.74) is 0.127. The lowest BCUT2D eigenvalue weighted by molar-refractivity contribution is 0.0943. The summed E-state index contributed by atoms with van der Waals surface area (Å²) < 4.78 is 13.5. The number of amides is 1. The molecule has 0 saturated carbocycles. The van der Waals surface area contributed by atoms with Crippen molar-refractivity contribution in [3.63, 3.8) is 0 Å². The SMILES string of the molecule is CC[C@H]1CCCCN1CCCNC(=O)c1ccccc1F. The Bertz CT molecular complexity index is 464. The number of hydrogen-bond donors (Lipinski definition) is 1. The first kappa shape index (κ1) is 16.0. The molecule has 1 N–H and O–H groups in total. The summed E-state index contributed by atoms with van der Waals surface area (Å²) in [4.78, 5) is 14.4. The van der Waals surface area contributed by atoms with Crippen LogP contribution in [0.1, 0.15) is 49.4 Å². The van der Waals surface area contributed by atoms with Gasteiger partial charge in [-0.3, -0.25) is 4.79 Å². The van der Waals surface area contributed by atoms with Crippen molar-refractivity contribution in [3.05, 3.63) is 35.6 Å². The van der Waals surface area contributed by atoms with Crippen LogP contribution in [0.3, 0.4) is 0 Å². The Morgan fingerprint density at radius 1 is 1.38 bits per heavy atom. The number of halogens is 1. The predicted octanol–water partition coefficient (Wildman–Crippen LogP) is 3.21. The first-order valence-electron chi connectivity index (χ1n) is 7.99. The number of carbonyl (C=O) groups is 1. The Morgan fingerprint density at radius 2 is 2.19 bits per heavy atom. The fourth-order valence-corrected chi connectivity index (χ4v) is 3.04. The van der Waals surface area contributed by atoms with Crippen LogP contribution >= 0.6 is 0 Å². The Hall–Kier alpha value is -1.42. The van der Waals surface area contributed by atoms with Crippen LogP contribution in [-0.4, -0.2) is 36.5 Å². The molecule has 1 aliphatic rings. The van der Waals surface area contributed by atoms with E-state index in [0.29, 0.717) is 12.6 Å². The van der Waals surface area contributed by atoms with E-state index in [1.165, 1.54) is 44.4 Å². The lowest BCUT2D eigenvalue weighted by Gasteiger charge is -2.35. The van der Waals surface area contributed by atoms with E-state index in [1.54, 1.807) is 12.1 Å². The Morgan fingerprint density at radius 3 is 2.95 bits per heavy atom. The van der Waals surface area contributed by atoms with Crippen molar-refractivity contribution in [2.75, 3.05) is 19.6 Å². The number of rotatable bonds is 6. The second-order valence-corrected chi connectivity index (χ2v) is 5.68. The largest absolute Gasteiger partial charge is 0.352 e. The smallest absolute Gasteiger partial charge is 0.254 e. The number of nitrogens with zero attached hydrogens (tertiary/aromatic N) is 1. The average Bonchev–Trinajstić information content (AvgIpc) is 2.52. The van der Waals surface area contributed by atoms with Crippen LogP contribution < -0.4 is 5.32 Å². The number of carbonyl (C=O) groups excluding carboxylic acids is 1. The number of nitrogens with one attached hydrogen (secondary N) is 1. The van der Waals surface area contributed by atoms with E-state index in [4.69, 9.17) is 0 Å². The van der Waals surface area contributed by atoms with E-state index in [9.17, 15) is 9.18 Å². The molecule has 4 heteroatoms. The molecule has 1 amide bonds. The summed E-state index contributed by atoms with van der Waals surface area (Å²) in [5, 5.41) is 2.81.